The average Bonchev–Trinajstić information content (AvgIpc) is 3.89. The van der Waals surface area contributed by atoms with Crippen LogP contribution in [-0.4, -0.2) is 4.57 Å². The molecule has 286 valence electrons. The number of nitrogens with zero attached hydrogens (tertiary/aromatic N) is 2. The smallest absolute Gasteiger partial charge is 0.143 e. The summed E-state index contributed by atoms with van der Waals surface area (Å²) in [5, 5.41) is 6.97. The van der Waals surface area contributed by atoms with E-state index in [-0.39, 0.29) is 0 Å². The third-order valence-corrected chi connectivity index (χ3v) is 12.2. The highest BCUT2D eigenvalue weighted by Gasteiger charge is 2.21. The number of para-hydroxylation sites is 3. The molecule has 0 N–H and O–H groups in total. The lowest BCUT2D eigenvalue weighted by Crippen LogP contribution is -2.10. The van der Waals surface area contributed by atoms with Crippen molar-refractivity contribution in [3.05, 3.63) is 231 Å². The van der Waals surface area contributed by atoms with Crippen LogP contribution in [0.15, 0.2) is 235 Å². The molecule has 3 heteroatoms. The zero-order valence-corrected chi connectivity index (χ0v) is 33.2. The fourth-order valence-corrected chi connectivity index (χ4v) is 9.32. The Morgan fingerprint density at radius 1 is 0.344 bits per heavy atom. The van der Waals surface area contributed by atoms with Gasteiger partial charge in [-0.15, -0.1) is 0 Å². The van der Waals surface area contributed by atoms with Gasteiger partial charge in [-0.3, -0.25) is 0 Å². The SMILES string of the molecule is c1ccc(-c2ccc(-c3ccc(N(c4ccc(-c5ccccc5-n5c6ccccc6c6ccccc65)cc4)c4cccc5oc6c7ccccc7ccc6c45)cc3)cc2)cc1. The number of hydrogen-bond donors (Lipinski definition) is 0. The predicted molar refractivity (Wildman–Crippen MR) is 257 cm³/mol. The summed E-state index contributed by atoms with van der Waals surface area (Å²) >= 11 is 0. The van der Waals surface area contributed by atoms with Gasteiger partial charge in [0.05, 0.1) is 27.8 Å². The highest BCUT2D eigenvalue weighted by molar-refractivity contribution is 6.19. The average molecular weight is 779 g/mol. The molecule has 0 radical (unpaired) electrons. The van der Waals surface area contributed by atoms with Gasteiger partial charge >= 0.3 is 0 Å². The van der Waals surface area contributed by atoms with Gasteiger partial charge in [-0.2, -0.15) is 0 Å². The fourth-order valence-electron chi connectivity index (χ4n) is 9.32. The maximum atomic E-state index is 6.70. The summed E-state index contributed by atoms with van der Waals surface area (Å²) in [6, 6.07) is 82.8. The molecular weight excluding hydrogens is 741 g/mol. The van der Waals surface area contributed by atoms with Crippen LogP contribution in [0.4, 0.5) is 17.1 Å². The number of rotatable bonds is 7. The maximum Gasteiger partial charge on any atom is 0.143 e. The molecule has 0 atom stereocenters. The summed E-state index contributed by atoms with van der Waals surface area (Å²) < 4.78 is 9.11. The van der Waals surface area contributed by atoms with E-state index in [2.05, 4.69) is 240 Å². The third-order valence-electron chi connectivity index (χ3n) is 12.2. The minimum absolute atomic E-state index is 0.862. The molecule has 10 aromatic carbocycles. The standard InChI is InChI=1S/C58H38N2O/c1-2-13-39(14-3-1)40-25-27-41(28-26-40)42-29-34-45(35-30-42)59(55-23-12-24-56-57(55)51-38-33-43-15-4-5-17-48(43)58(51)61-56)46-36-31-44(32-37-46)47-16-6-9-20-52(47)60-53-21-10-7-18-49(53)50-19-8-11-22-54(50)60/h1-38H. The van der Waals surface area contributed by atoms with Crippen LogP contribution in [0.5, 0.6) is 0 Å². The van der Waals surface area contributed by atoms with Crippen LogP contribution >= 0.6 is 0 Å². The lowest BCUT2D eigenvalue weighted by molar-refractivity contribution is 0.672. The lowest BCUT2D eigenvalue weighted by atomic mass is 9.99. The second kappa shape index (κ2) is 14.3. The first-order chi connectivity index (χ1) is 30.3. The first-order valence-corrected chi connectivity index (χ1v) is 20.8. The lowest BCUT2D eigenvalue weighted by Gasteiger charge is -2.27. The van der Waals surface area contributed by atoms with Crippen molar-refractivity contribution in [3.63, 3.8) is 0 Å². The van der Waals surface area contributed by atoms with Gasteiger partial charge in [-0.1, -0.05) is 170 Å². The van der Waals surface area contributed by atoms with Crippen LogP contribution in [0.1, 0.15) is 0 Å². The minimum Gasteiger partial charge on any atom is -0.455 e. The van der Waals surface area contributed by atoms with Crippen molar-refractivity contribution >= 4 is 71.6 Å². The minimum atomic E-state index is 0.862. The largest absolute Gasteiger partial charge is 0.455 e. The normalized spacial score (nSPS) is 11.6. The second-order valence-electron chi connectivity index (χ2n) is 15.7. The van der Waals surface area contributed by atoms with Crippen molar-refractivity contribution in [2.45, 2.75) is 0 Å². The van der Waals surface area contributed by atoms with Crippen molar-refractivity contribution in [2.24, 2.45) is 0 Å². The van der Waals surface area contributed by atoms with Crippen LogP contribution in [0.25, 0.3) is 93.6 Å². The van der Waals surface area contributed by atoms with E-state index in [1.165, 1.54) is 49.6 Å². The van der Waals surface area contributed by atoms with E-state index >= 15 is 0 Å². The molecule has 0 saturated heterocycles. The van der Waals surface area contributed by atoms with Crippen LogP contribution in [0.2, 0.25) is 0 Å². The fraction of sp³-hybridized carbons (Fsp3) is 0. The van der Waals surface area contributed by atoms with Gasteiger partial charge in [0.25, 0.3) is 0 Å². The summed E-state index contributed by atoms with van der Waals surface area (Å²) in [4.78, 5) is 2.37. The van der Waals surface area contributed by atoms with Gasteiger partial charge in [0.2, 0.25) is 0 Å². The molecule has 3 nitrogen and oxygen atoms in total. The van der Waals surface area contributed by atoms with Crippen molar-refractivity contribution in [1.29, 1.82) is 0 Å². The molecule has 0 amide bonds. The van der Waals surface area contributed by atoms with E-state index in [1.54, 1.807) is 0 Å². The van der Waals surface area contributed by atoms with Crippen molar-refractivity contribution in [1.82, 2.24) is 4.57 Å². The molecule has 0 aliphatic rings. The Morgan fingerprint density at radius 3 is 1.54 bits per heavy atom. The quantitative estimate of drug-likeness (QED) is 0.161. The monoisotopic (exact) mass is 778 g/mol. The van der Waals surface area contributed by atoms with Gasteiger partial charge < -0.3 is 13.9 Å². The second-order valence-corrected chi connectivity index (χ2v) is 15.7. The number of benzene rings is 10. The molecular formula is C58H38N2O. The van der Waals surface area contributed by atoms with Crippen LogP contribution in [-0.2, 0) is 0 Å². The van der Waals surface area contributed by atoms with E-state index in [1.807, 2.05) is 0 Å². The van der Waals surface area contributed by atoms with Crippen LogP contribution in [0.3, 0.4) is 0 Å². The molecule has 0 saturated carbocycles. The Balaban J connectivity index is 0.992. The van der Waals surface area contributed by atoms with Crippen molar-refractivity contribution in [3.8, 4) is 39.1 Å². The zero-order chi connectivity index (χ0) is 40.3. The molecule has 61 heavy (non-hydrogen) atoms. The molecule has 0 aliphatic heterocycles. The highest BCUT2D eigenvalue weighted by Crippen LogP contribution is 2.45. The summed E-state index contributed by atoms with van der Waals surface area (Å²) in [5.41, 5.74) is 15.6. The Hall–Kier alpha value is -8.14. The van der Waals surface area contributed by atoms with Gasteiger partial charge in [-0.25, -0.2) is 0 Å². The Labute approximate surface area is 353 Å². The van der Waals surface area contributed by atoms with Crippen LogP contribution < -0.4 is 4.90 Å². The molecule has 2 aromatic heterocycles. The van der Waals surface area contributed by atoms with Crippen molar-refractivity contribution in [2.75, 3.05) is 4.90 Å². The summed E-state index contributed by atoms with van der Waals surface area (Å²) in [6.45, 7) is 0. The highest BCUT2D eigenvalue weighted by atomic mass is 16.3. The Bertz CT molecular complexity index is 3510. The first-order valence-electron chi connectivity index (χ1n) is 20.8. The Morgan fingerprint density at radius 2 is 0.869 bits per heavy atom. The van der Waals surface area contributed by atoms with Gasteiger partial charge in [0.1, 0.15) is 11.2 Å². The molecule has 12 aromatic rings. The summed E-state index contributed by atoms with van der Waals surface area (Å²) in [6.07, 6.45) is 0. The van der Waals surface area contributed by atoms with Gasteiger partial charge in [-0.05, 0) is 93.9 Å². The van der Waals surface area contributed by atoms with E-state index < -0.39 is 0 Å². The van der Waals surface area contributed by atoms with Crippen LogP contribution in [0, 0.1) is 0 Å². The number of anilines is 3. The molecule has 0 unspecified atom stereocenters. The predicted octanol–water partition coefficient (Wildman–Crippen LogP) is 16.3. The molecule has 0 bridgehead atoms. The van der Waals surface area contributed by atoms with Gasteiger partial charge in [0.15, 0.2) is 0 Å². The van der Waals surface area contributed by atoms with E-state index in [9.17, 15) is 0 Å². The van der Waals surface area contributed by atoms with E-state index in [0.717, 1.165) is 61.0 Å². The van der Waals surface area contributed by atoms with Crippen molar-refractivity contribution < 1.29 is 4.42 Å². The maximum absolute atomic E-state index is 6.70. The first kappa shape index (κ1) is 34.9. The number of fused-ring (bicyclic) bond motifs is 8. The Kier molecular flexibility index (Phi) is 8.17. The third kappa shape index (κ3) is 5.82. The molecule has 0 fully saturated rings. The number of aromatic nitrogens is 1. The molecule has 0 aliphatic carbocycles. The summed E-state index contributed by atoms with van der Waals surface area (Å²) in [5.74, 6) is 0. The van der Waals surface area contributed by atoms with E-state index in [4.69, 9.17) is 4.42 Å². The molecule has 12 rings (SSSR count). The molecule has 0 spiro atoms. The van der Waals surface area contributed by atoms with Gasteiger partial charge in [0, 0.05) is 38.5 Å². The molecule has 2 heterocycles. The topological polar surface area (TPSA) is 21.3 Å². The van der Waals surface area contributed by atoms with E-state index in [0.29, 0.717) is 0 Å². The number of hydrogen-bond acceptors (Lipinski definition) is 2. The number of furan rings is 1. The summed E-state index contributed by atoms with van der Waals surface area (Å²) in [7, 11) is 0. The zero-order valence-electron chi connectivity index (χ0n) is 33.2.